The maximum absolute atomic E-state index is 6.44. The summed E-state index contributed by atoms with van der Waals surface area (Å²) >= 11 is 0. The minimum atomic E-state index is -0.157. The highest BCUT2D eigenvalue weighted by molar-refractivity contribution is 5.78. The molecule has 0 spiro atoms. The van der Waals surface area contributed by atoms with Crippen LogP contribution in [0.5, 0.6) is 0 Å². The third-order valence-electron chi connectivity index (χ3n) is 6.20. The molecule has 1 atom stereocenters. The predicted molar refractivity (Wildman–Crippen MR) is 151 cm³/mol. The highest BCUT2D eigenvalue weighted by Gasteiger charge is 2.18. The Labute approximate surface area is 210 Å². The Morgan fingerprint density at radius 3 is 1.60 bits per heavy atom. The van der Waals surface area contributed by atoms with E-state index in [2.05, 4.69) is 154 Å². The van der Waals surface area contributed by atoms with Gasteiger partial charge in [-0.25, -0.2) is 0 Å². The average molecular weight is 466 g/mol. The van der Waals surface area contributed by atoms with Crippen molar-refractivity contribution in [1.29, 1.82) is 0 Å². The van der Waals surface area contributed by atoms with Crippen molar-refractivity contribution in [2.75, 3.05) is 57.0 Å². The predicted octanol–water partition coefficient (Wildman–Crippen LogP) is 6.64. The molecule has 0 saturated carbocycles. The van der Waals surface area contributed by atoms with Gasteiger partial charge in [0.2, 0.25) is 0 Å². The number of nitrogens with zero attached hydrogens (tertiary/aromatic N) is 3. The second kappa shape index (κ2) is 10.6. The van der Waals surface area contributed by atoms with Crippen LogP contribution in [-0.4, -0.2) is 42.3 Å². The first-order chi connectivity index (χ1) is 16.8. The van der Waals surface area contributed by atoms with Crippen LogP contribution in [0.15, 0.2) is 96.8 Å². The summed E-state index contributed by atoms with van der Waals surface area (Å²) in [7, 11) is 12.3. The Balaban J connectivity index is 1.65. The number of hydrogen-bond donors (Lipinski definition) is 0. The van der Waals surface area contributed by atoms with E-state index in [1.165, 1.54) is 22.6 Å². The maximum atomic E-state index is 6.44. The van der Waals surface area contributed by atoms with Crippen molar-refractivity contribution in [2.24, 2.45) is 0 Å². The summed E-state index contributed by atoms with van der Waals surface area (Å²) in [5.41, 5.74) is 8.14. The largest absolute Gasteiger partial charge is 0.482 e. The van der Waals surface area contributed by atoms with Crippen LogP contribution in [0.1, 0.15) is 22.8 Å². The summed E-state index contributed by atoms with van der Waals surface area (Å²) in [6.45, 7) is 0. The topological polar surface area (TPSA) is 19.0 Å². The SMILES string of the molecule is CN(C)c1ccc(C=CC2=CC(c3ccc(N(C)C)cc3)=CC(c3ccc(N(C)C)cc3)O2)cc1. The van der Waals surface area contributed by atoms with Gasteiger partial charge in [-0.15, -0.1) is 0 Å². The van der Waals surface area contributed by atoms with Crippen LogP contribution in [0.3, 0.4) is 0 Å². The van der Waals surface area contributed by atoms with E-state index in [0.29, 0.717) is 0 Å². The molecule has 4 rings (SSSR count). The summed E-state index contributed by atoms with van der Waals surface area (Å²) in [5, 5.41) is 0. The smallest absolute Gasteiger partial charge is 0.143 e. The van der Waals surface area contributed by atoms with Gasteiger partial charge in [0.05, 0.1) is 0 Å². The average Bonchev–Trinajstić information content (AvgIpc) is 2.87. The number of ether oxygens (including phenoxy) is 1. The van der Waals surface area contributed by atoms with Crippen molar-refractivity contribution in [1.82, 2.24) is 0 Å². The number of anilines is 3. The molecule has 1 heterocycles. The normalized spacial score (nSPS) is 15.3. The molecule has 35 heavy (non-hydrogen) atoms. The standard InChI is InChI=1S/C31H35N3O/c1-32(2)27-14-7-23(8-15-27)9-20-30-21-26(24-10-16-28(17-11-24)33(3)4)22-31(35-30)25-12-18-29(19-13-25)34(5)6/h7-22,31H,1-6H3. The summed E-state index contributed by atoms with van der Waals surface area (Å²) in [5.74, 6) is 0.845. The molecule has 3 aromatic carbocycles. The van der Waals surface area contributed by atoms with Crippen LogP contribution in [0.2, 0.25) is 0 Å². The quantitative estimate of drug-likeness (QED) is 0.389. The molecule has 0 saturated heterocycles. The van der Waals surface area contributed by atoms with Gasteiger partial charge in [-0.3, -0.25) is 0 Å². The Hall–Kier alpha value is -3.92. The highest BCUT2D eigenvalue weighted by atomic mass is 16.5. The lowest BCUT2D eigenvalue weighted by molar-refractivity contribution is 0.165. The lowest BCUT2D eigenvalue weighted by Gasteiger charge is -2.24. The first kappa shape index (κ1) is 24.2. The van der Waals surface area contributed by atoms with Crippen molar-refractivity contribution in [3.63, 3.8) is 0 Å². The Morgan fingerprint density at radius 1 is 0.600 bits per heavy atom. The zero-order valence-electron chi connectivity index (χ0n) is 21.6. The van der Waals surface area contributed by atoms with Gasteiger partial charge in [0.25, 0.3) is 0 Å². The van der Waals surface area contributed by atoms with Crippen LogP contribution in [0, 0.1) is 0 Å². The number of rotatable bonds is 7. The minimum absolute atomic E-state index is 0.157. The van der Waals surface area contributed by atoms with E-state index in [-0.39, 0.29) is 6.10 Å². The van der Waals surface area contributed by atoms with Crippen molar-refractivity contribution >= 4 is 28.7 Å². The monoisotopic (exact) mass is 465 g/mol. The van der Waals surface area contributed by atoms with Crippen LogP contribution < -0.4 is 14.7 Å². The van der Waals surface area contributed by atoms with E-state index in [9.17, 15) is 0 Å². The molecule has 0 N–H and O–H groups in total. The van der Waals surface area contributed by atoms with Gasteiger partial charge in [-0.1, -0.05) is 42.5 Å². The van der Waals surface area contributed by atoms with Crippen molar-refractivity contribution in [3.05, 3.63) is 113 Å². The number of allylic oxidation sites excluding steroid dienone is 3. The zero-order valence-corrected chi connectivity index (χ0v) is 21.6. The molecule has 1 aliphatic rings. The molecule has 0 aliphatic carbocycles. The van der Waals surface area contributed by atoms with Crippen LogP contribution in [-0.2, 0) is 4.74 Å². The van der Waals surface area contributed by atoms with E-state index in [1.807, 2.05) is 0 Å². The van der Waals surface area contributed by atoms with Gasteiger partial charge in [0, 0.05) is 59.3 Å². The summed E-state index contributed by atoms with van der Waals surface area (Å²) in [4.78, 5) is 6.32. The number of hydrogen-bond acceptors (Lipinski definition) is 4. The molecule has 4 heteroatoms. The van der Waals surface area contributed by atoms with E-state index in [0.717, 1.165) is 22.5 Å². The number of benzene rings is 3. The molecule has 0 aromatic heterocycles. The fourth-order valence-corrected chi connectivity index (χ4v) is 3.99. The summed E-state index contributed by atoms with van der Waals surface area (Å²) in [6.07, 6.45) is 8.34. The molecule has 0 amide bonds. The van der Waals surface area contributed by atoms with Crippen LogP contribution in [0.25, 0.3) is 11.6 Å². The summed E-state index contributed by atoms with van der Waals surface area (Å²) in [6, 6.07) is 25.7. The van der Waals surface area contributed by atoms with Gasteiger partial charge in [-0.2, -0.15) is 0 Å². The van der Waals surface area contributed by atoms with Gasteiger partial charge in [0.15, 0.2) is 0 Å². The Bertz CT molecular complexity index is 1220. The van der Waals surface area contributed by atoms with Gasteiger partial charge >= 0.3 is 0 Å². The lowest BCUT2D eigenvalue weighted by Crippen LogP contribution is -2.10. The first-order valence-corrected chi connectivity index (χ1v) is 11.9. The molecule has 3 aromatic rings. The molecule has 4 nitrogen and oxygen atoms in total. The maximum Gasteiger partial charge on any atom is 0.143 e. The lowest BCUT2D eigenvalue weighted by atomic mass is 9.97. The van der Waals surface area contributed by atoms with Crippen molar-refractivity contribution in [2.45, 2.75) is 6.10 Å². The molecule has 1 unspecified atom stereocenters. The molecule has 0 fully saturated rings. The first-order valence-electron chi connectivity index (χ1n) is 11.9. The van der Waals surface area contributed by atoms with E-state index >= 15 is 0 Å². The van der Waals surface area contributed by atoms with E-state index < -0.39 is 0 Å². The Morgan fingerprint density at radius 2 is 1.09 bits per heavy atom. The second-order valence-corrected chi connectivity index (χ2v) is 9.45. The molecule has 0 bridgehead atoms. The second-order valence-electron chi connectivity index (χ2n) is 9.45. The highest BCUT2D eigenvalue weighted by Crippen LogP contribution is 2.34. The fraction of sp³-hybridized carbons (Fsp3) is 0.226. The fourth-order valence-electron chi connectivity index (χ4n) is 3.99. The Kier molecular flexibility index (Phi) is 7.31. The minimum Gasteiger partial charge on any atom is -0.482 e. The van der Waals surface area contributed by atoms with Crippen LogP contribution in [0.4, 0.5) is 17.1 Å². The van der Waals surface area contributed by atoms with E-state index in [1.54, 1.807) is 0 Å². The van der Waals surface area contributed by atoms with E-state index in [4.69, 9.17) is 4.74 Å². The third-order valence-corrected chi connectivity index (χ3v) is 6.20. The molecule has 0 radical (unpaired) electrons. The van der Waals surface area contributed by atoms with Gasteiger partial charge < -0.3 is 19.4 Å². The van der Waals surface area contributed by atoms with Crippen molar-refractivity contribution in [3.8, 4) is 0 Å². The molecular formula is C31H35N3O. The van der Waals surface area contributed by atoms with Crippen LogP contribution >= 0.6 is 0 Å². The molecule has 1 aliphatic heterocycles. The van der Waals surface area contributed by atoms with Gasteiger partial charge in [0.1, 0.15) is 11.9 Å². The van der Waals surface area contributed by atoms with Crippen molar-refractivity contribution < 1.29 is 4.74 Å². The third kappa shape index (κ3) is 5.96. The zero-order chi connectivity index (χ0) is 24.9. The summed E-state index contributed by atoms with van der Waals surface area (Å²) < 4.78 is 6.44. The molecular weight excluding hydrogens is 430 g/mol. The molecule has 180 valence electrons. The van der Waals surface area contributed by atoms with Gasteiger partial charge in [-0.05, 0) is 76.9 Å².